The molecule has 20 heavy (non-hydrogen) atoms. The second-order valence-electron chi connectivity index (χ2n) is 4.38. The first kappa shape index (κ1) is 13.1. The van der Waals surface area contributed by atoms with Gasteiger partial charge in [-0.1, -0.05) is 12.1 Å². The molecular weight excluding hydrogens is 367 g/mol. The van der Waals surface area contributed by atoms with Crippen LogP contribution >= 0.6 is 22.6 Å². The van der Waals surface area contributed by atoms with Gasteiger partial charge in [-0.2, -0.15) is 0 Å². The lowest BCUT2D eigenvalue weighted by molar-refractivity contribution is 0.0734. The first-order valence-corrected chi connectivity index (χ1v) is 7.11. The number of hydrogen-bond donors (Lipinski definition) is 0. The predicted molar refractivity (Wildman–Crippen MR) is 84.8 cm³/mol. The average Bonchev–Trinajstić information content (AvgIpc) is 2.80. The molecule has 0 N–H and O–H groups in total. The maximum atomic E-state index is 12.1. The standard InChI is InChI=1S/C15H11IN2O2/c1-18-9-17-13-8-10(6-7-14(13)18)20-15(19)11-4-2-3-5-12(11)16/h2-9H,1H3. The molecule has 1 heterocycles. The highest BCUT2D eigenvalue weighted by Crippen LogP contribution is 2.21. The molecule has 1 aromatic heterocycles. The van der Waals surface area contributed by atoms with Gasteiger partial charge in [0.05, 0.1) is 22.9 Å². The van der Waals surface area contributed by atoms with E-state index in [1.54, 1.807) is 24.5 Å². The quantitative estimate of drug-likeness (QED) is 0.390. The summed E-state index contributed by atoms with van der Waals surface area (Å²) >= 11 is 2.12. The molecule has 3 aromatic rings. The summed E-state index contributed by atoms with van der Waals surface area (Å²) in [6.07, 6.45) is 1.73. The van der Waals surface area contributed by atoms with Gasteiger partial charge in [0.25, 0.3) is 0 Å². The number of rotatable bonds is 2. The largest absolute Gasteiger partial charge is 0.423 e. The Morgan fingerprint density at radius 3 is 2.85 bits per heavy atom. The van der Waals surface area contributed by atoms with Gasteiger partial charge in [0, 0.05) is 16.7 Å². The van der Waals surface area contributed by atoms with Crippen LogP contribution in [0.2, 0.25) is 0 Å². The summed E-state index contributed by atoms with van der Waals surface area (Å²) in [4.78, 5) is 16.4. The van der Waals surface area contributed by atoms with Crippen LogP contribution < -0.4 is 4.74 Å². The number of ether oxygens (including phenoxy) is 1. The fourth-order valence-corrected chi connectivity index (χ4v) is 2.58. The van der Waals surface area contributed by atoms with E-state index in [4.69, 9.17) is 4.74 Å². The minimum atomic E-state index is -0.356. The van der Waals surface area contributed by atoms with Crippen molar-refractivity contribution in [2.75, 3.05) is 0 Å². The highest BCUT2D eigenvalue weighted by molar-refractivity contribution is 14.1. The first-order chi connectivity index (χ1) is 9.65. The van der Waals surface area contributed by atoms with E-state index < -0.39 is 0 Å². The third-order valence-corrected chi connectivity index (χ3v) is 3.94. The monoisotopic (exact) mass is 378 g/mol. The van der Waals surface area contributed by atoms with Crippen molar-refractivity contribution in [3.05, 3.63) is 57.9 Å². The molecule has 2 aromatic carbocycles. The normalized spacial score (nSPS) is 10.7. The Kier molecular flexibility index (Phi) is 3.43. The molecule has 0 bridgehead atoms. The number of hydrogen-bond acceptors (Lipinski definition) is 3. The van der Waals surface area contributed by atoms with E-state index >= 15 is 0 Å². The van der Waals surface area contributed by atoms with Gasteiger partial charge in [-0.05, 0) is 46.9 Å². The Hall–Kier alpha value is -1.89. The van der Waals surface area contributed by atoms with E-state index in [-0.39, 0.29) is 5.97 Å². The number of carbonyl (C=O) groups excluding carboxylic acids is 1. The molecule has 0 spiro atoms. The highest BCUT2D eigenvalue weighted by Gasteiger charge is 2.12. The van der Waals surface area contributed by atoms with Crippen molar-refractivity contribution < 1.29 is 9.53 Å². The Balaban J connectivity index is 1.89. The summed E-state index contributed by atoms with van der Waals surface area (Å²) in [6, 6.07) is 12.8. The number of halogens is 1. The summed E-state index contributed by atoms with van der Waals surface area (Å²) in [6.45, 7) is 0. The number of aryl methyl sites for hydroxylation is 1. The van der Waals surface area contributed by atoms with Gasteiger partial charge in [-0.25, -0.2) is 9.78 Å². The number of carbonyl (C=O) groups is 1. The molecule has 0 aliphatic rings. The van der Waals surface area contributed by atoms with Crippen LogP contribution in [0.4, 0.5) is 0 Å². The van der Waals surface area contributed by atoms with Crippen molar-refractivity contribution in [1.29, 1.82) is 0 Å². The maximum absolute atomic E-state index is 12.1. The second-order valence-corrected chi connectivity index (χ2v) is 5.54. The summed E-state index contributed by atoms with van der Waals surface area (Å²) in [7, 11) is 1.92. The highest BCUT2D eigenvalue weighted by atomic mass is 127. The van der Waals surface area contributed by atoms with Crippen LogP contribution in [-0.4, -0.2) is 15.5 Å². The molecule has 0 saturated heterocycles. The molecular formula is C15H11IN2O2. The van der Waals surface area contributed by atoms with Crippen molar-refractivity contribution in [1.82, 2.24) is 9.55 Å². The number of imidazole rings is 1. The van der Waals surface area contributed by atoms with Crippen molar-refractivity contribution in [3.8, 4) is 5.75 Å². The number of esters is 1. The predicted octanol–water partition coefficient (Wildman–Crippen LogP) is 3.40. The third kappa shape index (κ3) is 2.40. The Labute approximate surface area is 129 Å². The number of benzene rings is 2. The van der Waals surface area contributed by atoms with Gasteiger partial charge >= 0.3 is 5.97 Å². The maximum Gasteiger partial charge on any atom is 0.344 e. The van der Waals surface area contributed by atoms with Crippen LogP contribution in [0.1, 0.15) is 10.4 Å². The fourth-order valence-electron chi connectivity index (χ4n) is 1.97. The minimum Gasteiger partial charge on any atom is -0.423 e. The van der Waals surface area contributed by atoms with Gasteiger partial charge in [0.1, 0.15) is 5.75 Å². The lowest BCUT2D eigenvalue weighted by atomic mass is 10.2. The zero-order chi connectivity index (χ0) is 14.1. The summed E-state index contributed by atoms with van der Waals surface area (Å²) in [5, 5.41) is 0. The number of fused-ring (bicyclic) bond motifs is 1. The van der Waals surface area contributed by atoms with E-state index in [1.807, 2.05) is 35.9 Å². The molecule has 100 valence electrons. The number of aromatic nitrogens is 2. The molecule has 4 nitrogen and oxygen atoms in total. The summed E-state index contributed by atoms with van der Waals surface area (Å²) in [5.41, 5.74) is 2.37. The van der Waals surface area contributed by atoms with Crippen molar-refractivity contribution in [2.24, 2.45) is 7.05 Å². The SMILES string of the molecule is Cn1cnc2cc(OC(=O)c3ccccc3I)ccc21. The van der Waals surface area contributed by atoms with Crippen LogP contribution in [-0.2, 0) is 7.05 Å². The van der Waals surface area contributed by atoms with Crippen LogP contribution in [0.5, 0.6) is 5.75 Å². The Morgan fingerprint density at radius 2 is 2.05 bits per heavy atom. The lowest BCUT2D eigenvalue weighted by Gasteiger charge is -2.06. The van der Waals surface area contributed by atoms with Crippen LogP contribution in [0.15, 0.2) is 48.8 Å². The van der Waals surface area contributed by atoms with E-state index in [0.29, 0.717) is 11.3 Å². The van der Waals surface area contributed by atoms with Gasteiger partial charge in [-0.15, -0.1) is 0 Å². The fraction of sp³-hybridized carbons (Fsp3) is 0.0667. The molecule has 5 heteroatoms. The van der Waals surface area contributed by atoms with Gasteiger partial charge in [0.2, 0.25) is 0 Å². The molecule has 3 rings (SSSR count). The topological polar surface area (TPSA) is 44.1 Å². The Morgan fingerprint density at radius 1 is 1.25 bits per heavy atom. The van der Waals surface area contributed by atoms with Crippen LogP contribution in [0.25, 0.3) is 11.0 Å². The van der Waals surface area contributed by atoms with E-state index in [1.165, 1.54) is 0 Å². The molecule has 0 amide bonds. The molecule has 0 aliphatic heterocycles. The molecule has 0 unspecified atom stereocenters. The minimum absolute atomic E-state index is 0.356. The zero-order valence-corrected chi connectivity index (χ0v) is 12.9. The van der Waals surface area contributed by atoms with Crippen molar-refractivity contribution in [3.63, 3.8) is 0 Å². The Bertz CT molecular complexity index is 795. The van der Waals surface area contributed by atoms with Crippen LogP contribution in [0.3, 0.4) is 0 Å². The third-order valence-electron chi connectivity index (χ3n) is 3.00. The zero-order valence-electron chi connectivity index (χ0n) is 10.7. The first-order valence-electron chi connectivity index (χ1n) is 6.03. The summed E-state index contributed by atoms with van der Waals surface area (Å²) in [5.74, 6) is 0.145. The molecule has 0 aliphatic carbocycles. The van der Waals surface area contributed by atoms with Gasteiger partial charge < -0.3 is 9.30 Å². The van der Waals surface area contributed by atoms with E-state index in [0.717, 1.165) is 14.6 Å². The molecule has 0 atom stereocenters. The van der Waals surface area contributed by atoms with Gasteiger partial charge in [0.15, 0.2) is 0 Å². The average molecular weight is 378 g/mol. The second kappa shape index (κ2) is 5.24. The number of nitrogens with zero attached hydrogens (tertiary/aromatic N) is 2. The molecule has 0 radical (unpaired) electrons. The van der Waals surface area contributed by atoms with Crippen molar-refractivity contribution >= 4 is 39.6 Å². The van der Waals surface area contributed by atoms with Crippen LogP contribution in [0, 0.1) is 3.57 Å². The van der Waals surface area contributed by atoms with E-state index in [9.17, 15) is 4.79 Å². The smallest absolute Gasteiger partial charge is 0.344 e. The van der Waals surface area contributed by atoms with Gasteiger partial charge in [-0.3, -0.25) is 0 Å². The molecule has 0 fully saturated rings. The molecule has 0 saturated carbocycles. The lowest BCUT2D eigenvalue weighted by Crippen LogP contribution is -2.10. The summed E-state index contributed by atoms with van der Waals surface area (Å²) < 4.78 is 8.19. The van der Waals surface area contributed by atoms with Crippen molar-refractivity contribution in [2.45, 2.75) is 0 Å². The van der Waals surface area contributed by atoms with E-state index in [2.05, 4.69) is 27.6 Å².